The average molecular weight is 300 g/mol. The molecule has 0 atom stereocenters. The lowest BCUT2D eigenvalue weighted by atomic mass is 10.1. The number of hydrogen-bond acceptors (Lipinski definition) is 2. The van der Waals surface area contributed by atoms with Gasteiger partial charge in [-0.25, -0.2) is 0 Å². The van der Waals surface area contributed by atoms with Crippen molar-refractivity contribution in [3.05, 3.63) is 29.8 Å². The molecular weight excluding hydrogens is 277 g/mol. The summed E-state index contributed by atoms with van der Waals surface area (Å²) in [6.07, 6.45) is -2.02. The van der Waals surface area contributed by atoms with Gasteiger partial charge in [-0.3, -0.25) is 4.90 Å². The van der Waals surface area contributed by atoms with Gasteiger partial charge in [-0.05, 0) is 31.0 Å². The highest BCUT2D eigenvalue weighted by molar-refractivity contribution is 5.49. The predicted octanol–water partition coefficient (Wildman–Crippen LogP) is 4.02. The van der Waals surface area contributed by atoms with Gasteiger partial charge in [0, 0.05) is 37.9 Å². The monoisotopic (exact) mass is 300 g/mol. The van der Waals surface area contributed by atoms with Gasteiger partial charge < -0.3 is 4.90 Å². The zero-order valence-corrected chi connectivity index (χ0v) is 12.7. The number of piperazine rings is 1. The number of alkyl halides is 3. The Bertz CT molecular complexity index is 447. The Hall–Kier alpha value is -1.23. The molecule has 0 bridgehead atoms. The summed E-state index contributed by atoms with van der Waals surface area (Å²) in [5, 5.41) is 0. The number of hydrogen-bond donors (Lipinski definition) is 0. The summed E-state index contributed by atoms with van der Waals surface area (Å²) in [5.41, 5.74) is 0.108. The second kappa shape index (κ2) is 6.69. The molecule has 1 aromatic rings. The van der Waals surface area contributed by atoms with Crippen molar-refractivity contribution in [2.75, 3.05) is 31.1 Å². The minimum atomic E-state index is -4.27. The second-order valence-corrected chi connectivity index (χ2v) is 5.54. The molecule has 5 heteroatoms. The number of anilines is 1. The standard InChI is InChI=1S/C16H23F3N2/c1-3-14(4-2)20-8-10-21(11-9-20)15-7-5-6-13(12-15)16(17,18)19/h5-7,12,14H,3-4,8-11H2,1-2H3. The maximum absolute atomic E-state index is 12.8. The average Bonchev–Trinajstić information content (AvgIpc) is 2.48. The normalized spacial score (nSPS) is 17.5. The number of rotatable bonds is 4. The van der Waals surface area contributed by atoms with Crippen LogP contribution in [0.1, 0.15) is 32.3 Å². The van der Waals surface area contributed by atoms with E-state index in [-0.39, 0.29) is 0 Å². The summed E-state index contributed by atoms with van der Waals surface area (Å²) < 4.78 is 38.3. The van der Waals surface area contributed by atoms with Crippen LogP contribution in [0.3, 0.4) is 0 Å². The minimum Gasteiger partial charge on any atom is -0.369 e. The Morgan fingerprint density at radius 2 is 1.67 bits per heavy atom. The van der Waals surface area contributed by atoms with Crippen LogP contribution >= 0.6 is 0 Å². The first-order valence-corrected chi connectivity index (χ1v) is 7.62. The zero-order valence-electron chi connectivity index (χ0n) is 12.7. The van der Waals surface area contributed by atoms with Gasteiger partial charge in [0.25, 0.3) is 0 Å². The van der Waals surface area contributed by atoms with Crippen molar-refractivity contribution in [3.8, 4) is 0 Å². The highest BCUT2D eigenvalue weighted by Crippen LogP contribution is 2.32. The van der Waals surface area contributed by atoms with Crippen LogP contribution in [0.4, 0.5) is 18.9 Å². The fourth-order valence-electron chi connectivity index (χ4n) is 3.03. The molecule has 1 aromatic carbocycles. The molecule has 0 aromatic heterocycles. The van der Waals surface area contributed by atoms with Gasteiger partial charge in [0.2, 0.25) is 0 Å². The van der Waals surface area contributed by atoms with E-state index in [1.807, 2.05) is 4.90 Å². The van der Waals surface area contributed by atoms with Crippen LogP contribution in [0, 0.1) is 0 Å². The van der Waals surface area contributed by atoms with Crippen molar-refractivity contribution < 1.29 is 13.2 Å². The van der Waals surface area contributed by atoms with Gasteiger partial charge in [0.15, 0.2) is 0 Å². The fraction of sp³-hybridized carbons (Fsp3) is 0.625. The van der Waals surface area contributed by atoms with Crippen LogP contribution in [0.2, 0.25) is 0 Å². The summed E-state index contributed by atoms with van der Waals surface area (Å²) in [5.74, 6) is 0. The molecule has 0 radical (unpaired) electrons. The predicted molar refractivity (Wildman–Crippen MR) is 79.6 cm³/mol. The van der Waals surface area contributed by atoms with Crippen molar-refractivity contribution in [2.24, 2.45) is 0 Å². The number of benzene rings is 1. The lowest BCUT2D eigenvalue weighted by Gasteiger charge is -2.40. The van der Waals surface area contributed by atoms with Crippen molar-refractivity contribution in [1.29, 1.82) is 0 Å². The first-order chi connectivity index (χ1) is 9.95. The maximum Gasteiger partial charge on any atom is 0.416 e. The largest absolute Gasteiger partial charge is 0.416 e. The number of halogens is 3. The molecule has 1 aliphatic heterocycles. The topological polar surface area (TPSA) is 6.48 Å². The molecule has 0 amide bonds. The van der Waals surface area contributed by atoms with Crippen LogP contribution in [0.15, 0.2) is 24.3 Å². The fourth-order valence-corrected chi connectivity index (χ4v) is 3.03. The SMILES string of the molecule is CCC(CC)N1CCN(c2cccc(C(F)(F)F)c2)CC1. The summed E-state index contributed by atoms with van der Waals surface area (Å²) in [7, 11) is 0. The molecule has 118 valence electrons. The lowest BCUT2D eigenvalue weighted by molar-refractivity contribution is -0.137. The second-order valence-electron chi connectivity index (χ2n) is 5.54. The molecule has 0 aliphatic carbocycles. The van der Waals surface area contributed by atoms with E-state index in [9.17, 15) is 13.2 Å². The first-order valence-electron chi connectivity index (χ1n) is 7.62. The van der Waals surface area contributed by atoms with Crippen LogP contribution in [-0.2, 0) is 6.18 Å². The molecule has 2 nitrogen and oxygen atoms in total. The van der Waals surface area contributed by atoms with Gasteiger partial charge in [-0.1, -0.05) is 19.9 Å². The first kappa shape index (κ1) is 16.1. The molecular formula is C16H23F3N2. The van der Waals surface area contributed by atoms with Crippen molar-refractivity contribution in [3.63, 3.8) is 0 Å². The lowest BCUT2D eigenvalue weighted by Crippen LogP contribution is -2.50. The van der Waals surface area contributed by atoms with Crippen molar-refractivity contribution in [1.82, 2.24) is 4.90 Å². The van der Waals surface area contributed by atoms with E-state index in [1.54, 1.807) is 6.07 Å². The molecule has 1 fully saturated rings. The molecule has 0 saturated carbocycles. The Labute approximate surface area is 124 Å². The summed E-state index contributed by atoms with van der Waals surface area (Å²) in [6.45, 7) is 7.79. The van der Waals surface area contributed by atoms with Crippen LogP contribution in [0.25, 0.3) is 0 Å². The van der Waals surface area contributed by atoms with E-state index in [0.29, 0.717) is 11.7 Å². The number of nitrogens with zero attached hydrogens (tertiary/aromatic N) is 2. The Morgan fingerprint density at radius 3 is 2.19 bits per heavy atom. The summed E-state index contributed by atoms with van der Waals surface area (Å²) in [6, 6.07) is 6.23. The molecule has 1 aliphatic rings. The Morgan fingerprint density at radius 1 is 1.05 bits per heavy atom. The molecule has 1 heterocycles. The van der Waals surface area contributed by atoms with Crippen LogP contribution < -0.4 is 4.90 Å². The van der Waals surface area contributed by atoms with E-state index in [0.717, 1.165) is 45.1 Å². The van der Waals surface area contributed by atoms with Gasteiger partial charge in [-0.15, -0.1) is 0 Å². The highest BCUT2D eigenvalue weighted by Gasteiger charge is 2.31. The van der Waals surface area contributed by atoms with E-state index in [4.69, 9.17) is 0 Å². The van der Waals surface area contributed by atoms with E-state index >= 15 is 0 Å². The zero-order chi connectivity index (χ0) is 15.5. The van der Waals surface area contributed by atoms with Crippen molar-refractivity contribution in [2.45, 2.75) is 38.9 Å². The quantitative estimate of drug-likeness (QED) is 0.829. The minimum absolute atomic E-state index is 0.567. The summed E-state index contributed by atoms with van der Waals surface area (Å²) >= 11 is 0. The molecule has 2 rings (SSSR count). The van der Waals surface area contributed by atoms with Gasteiger partial charge >= 0.3 is 6.18 Å². The third kappa shape index (κ3) is 3.90. The molecule has 0 unspecified atom stereocenters. The van der Waals surface area contributed by atoms with Crippen LogP contribution in [0.5, 0.6) is 0 Å². The van der Waals surface area contributed by atoms with E-state index in [2.05, 4.69) is 18.7 Å². The van der Waals surface area contributed by atoms with Gasteiger partial charge in [-0.2, -0.15) is 13.2 Å². The third-order valence-corrected chi connectivity index (χ3v) is 4.31. The molecule has 0 spiro atoms. The van der Waals surface area contributed by atoms with E-state index in [1.165, 1.54) is 12.1 Å². The molecule has 0 N–H and O–H groups in total. The Kier molecular flexibility index (Phi) is 5.14. The maximum atomic E-state index is 12.8. The smallest absolute Gasteiger partial charge is 0.369 e. The summed E-state index contributed by atoms with van der Waals surface area (Å²) in [4.78, 5) is 4.50. The van der Waals surface area contributed by atoms with Crippen LogP contribution in [-0.4, -0.2) is 37.1 Å². The van der Waals surface area contributed by atoms with Gasteiger partial charge in [0.1, 0.15) is 0 Å². The molecule has 1 saturated heterocycles. The Balaban J connectivity index is 2.02. The molecule has 21 heavy (non-hydrogen) atoms. The van der Waals surface area contributed by atoms with E-state index < -0.39 is 11.7 Å². The van der Waals surface area contributed by atoms with Crippen molar-refractivity contribution >= 4 is 5.69 Å². The third-order valence-electron chi connectivity index (χ3n) is 4.31. The highest BCUT2D eigenvalue weighted by atomic mass is 19.4. The van der Waals surface area contributed by atoms with Gasteiger partial charge in [0.05, 0.1) is 5.56 Å².